The van der Waals surface area contributed by atoms with Crippen molar-refractivity contribution in [3.63, 3.8) is 0 Å². The number of aromatic nitrogens is 4. The highest BCUT2D eigenvalue weighted by Gasteiger charge is 2.21. The smallest absolute Gasteiger partial charge is 0.279 e. The molecule has 0 bridgehead atoms. The van der Waals surface area contributed by atoms with Crippen molar-refractivity contribution < 1.29 is 9.59 Å². The molecule has 27 heavy (non-hydrogen) atoms. The van der Waals surface area contributed by atoms with Crippen LogP contribution in [0, 0.1) is 0 Å². The van der Waals surface area contributed by atoms with Crippen molar-refractivity contribution >= 4 is 57.7 Å². The molecule has 0 radical (unpaired) electrons. The van der Waals surface area contributed by atoms with Crippen LogP contribution in [-0.4, -0.2) is 43.0 Å². The summed E-state index contributed by atoms with van der Waals surface area (Å²) >= 11 is 14.6. The third-order valence-corrected chi connectivity index (χ3v) is 6.21. The topological polar surface area (TPSA) is 89.8 Å². The maximum absolute atomic E-state index is 12.4. The molecule has 0 aliphatic carbocycles. The van der Waals surface area contributed by atoms with Gasteiger partial charge in [0.25, 0.3) is 5.24 Å². The maximum Gasteiger partial charge on any atom is 0.279 e. The van der Waals surface area contributed by atoms with E-state index in [1.54, 1.807) is 18.2 Å². The van der Waals surface area contributed by atoms with Gasteiger partial charge in [-0.05, 0) is 41.9 Å². The van der Waals surface area contributed by atoms with Crippen LogP contribution in [0.2, 0.25) is 10.0 Å². The van der Waals surface area contributed by atoms with Crippen molar-refractivity contribution in [2.45, 2.75) is 49.3 Å². The third kappa shape index (κ3) is 6.67. The number of hydrogen-bond donors (Lipinski definition) is 1. The van der Waals surface area contributed by atoms with Gasteiger partial charge in [-0.15, -0.1) is 10.2 Å². The fourth-order valence-corrected chi connectivity index (χ4v) is 4.02. The zero-order valence-electron chi connectivity index (χ0n) is 14.8. The van der Waals surface area contributed by atoms with Crippen LogP contribution in [0.4, 0.5) is 4.79 Å². The fourth-order valence-electron chi connectivity index (χ4n) is 2.05. The van der Waals surface area contributed by atoms with Crippen LogP contribution in [-0.2, 0) is 11.3 Å². The van der Waals surface area contributed by atoms with E-state index in [0.29, 0.717) is 32.3 Å². The van der Waals surface area contributed by atoms with Gasteiger partial charge in [0.15, 0.2) is 5.78 Å². The molecule has 7 nitrogen and oxygen atoms in total. The second kappa shape index (κ2) is 10.9. The zero-order chi connectivity index (χ0) is 19.8. The number of rotatable bonds is 9. The molecule has 1 atom stereocenters. The predicted octanol–water partition coefficient (Wildman–Crippen LogP) is 4.33. The molecular formula is C16H19Cl2N5O2S2. The fraction of sp³-hybridized carbons (Fsp3) is 0.438. The first kappa shape index (κ1) is 22.0. The number of thioether (sulfide) groups is 1. The first-order valence-corrected chi connectivity index (χ1v) is 10.9. The Morgan fingerprint density at radius 3 is 2.59 bits per heavy atom. The molecule has 1 heterocycles. The Balaban J connectivity index is 1.97. The van der Waals surface area contributed by atoms with Gasteiger partial charge in [0.1, 0.15) is 6.54 Å². The number of hydrogen-bond acceptors (Lipinski definition) is 7. The zero-order valence-corrected chi connectivity index (χ0v) is 18.0. The number of nitrogens with zero attached hydrogens (tertiary/aromatic N) is 4. The van der Waals surface area contributed by atoms with E-state index in [9.17, 15) is 9.59 Å². The SMILES string of the molecule is CCCSC(=O)NC(CC)C(=O)Cn1nnc(Sc2c(Cl)cccc2Cl)n1. The molecule has 2 rings (SSSR count). The van der Waals surface area contributed by atoms with Gasteiger partial charge in [-0.2, -0.15) is 4.80 Å². The summed E-state index contributed by atoms with van der Waals surface area (Å²) in [6, 6.07) is 4.60. The van der Waals surface area contributed by atoms with Crippen LogP contribution in [0.1, 0.15) is 26.7 Å². The van der Waals surface area contributed by atoms with E-state index in [4.69, 9.17) is 23.2 Å². The summed E-state index contributed by atoms with van der Waals surface area (Å²) in [6.45, 7) is 3.74. The molecule has 0 spiro atoms. The van der Waals surface area contributed by atoms with Crippen LogP contribution in [0.5, 0.6) is 0 Å². The Kier molecular flexibility index (Phi) is 8.88. The summed E-state index contributed by atoms with van der Waals surface area (Å²) in [5, 5.41) is 15.8. The number of carbonyl (C=O) groups excluding carboxylic acids is 2. The molecule has 1 amide bonds. The number of ketones is 1. The van der Waals surface area contributed by atoms with Crippen molar-refractivity contribution in [3.05, 3.63) is 28.2 Å². The summed E-state index contributed by atoms with van der Waals surface area (Å²) < 4.78 is 0. The quantitative estimate of drug-likeness (QED) is 0.611. The molecule has 146 valence electrons. The summed E-state index contributed by atoms with van der Waals surface area (Å²) in [6.07, 6.45) is 1.38. The number of halogens is 2. The van der Waals surface area contributed by atoms with Gasteiger partial charge < -0.3 is 5.32 Å². The van der Waals surface area contributed by atoms with E-state index in [-0.39, 0.29) is 17.6 Å². The van der Waals surface area contributed by atoms with Crippen LogP contribution in [0.25, 0.3) is 0 Å². The monoisotopic (exact) mass is 447 g/mol. The Bertz CT molecular complexity index is 783. The van der Waals surface area contributed by atoms with Gasteiger partial charge in [-0.3, -0.25) is 9.59 Å². The lowest BCUT2D eigenvalue weighted by atomic mass is 10.1. The Hall–Kier alpha value is -1.29. The van der Waals surface area contributed by atoms with Gasteiger partial charge >= 0.3 is 0 Å². The average molecular weight is 448 g/mol. The van der Waals surface area contributed by atoms with Gasteiger partial charge in [0.05, 0.1) is 21.0 Å². The average Bonchev–Trinajstić information content (AvgIpc) is 3.08. The Morgan fingerprint density at radius 2 is 1.96 bits per heavy atom. The van der Waals surface area contributed by atoms with Crippen molar-refractivity contribution in [2.75, 3.05) is 5.75 Å². The van der Waals surface area contributed by atoms with E-state index in [0.717, 1.165) is 6.42 Å². The molecule has 1 unspecified atom stereocenters. The normalized spacial score (nSPS) is 12.0. The van der Waals surface area contributed by atoms with Crippen molar-refractivity contribution in [3.8, 4) is 0 Å². The van der Waals surface area contributed by atoms with E-state index < -0.39 is 6.04 Å². The maximum atomic E-state index is 12.4. The van der Waals surface area contributed by atoms with Crippen LogP contribution in [0.15, 0.2) is 28.3 Å². The van der Waals surface area contributed by atoms with Crippen LogP contribution < -0.4 is 5.32 Å². The van der Waals surface area contributed by atoms with Gasteiger partial charge in [-0.25, -0.2) is 0 Å². The second-order valence-corrected chi connectivity index (χ2v) is 8.32. The number of tetrazole rings is 1. The molecule has 0 saturated heterocycles. The van der Waals surface area contributed by atoms with Crippen molar-refractivity contribution in [1.29, 1.82) is 0 Å². The third-order valence-electron chi connectivity index (χ3n) is 3.37. The number of carbonyl (C=O) groups is 2. The summed E-state index contributed by atoms with van der Waals surface area (Å²) in [4.78, 5) is 26.1. The lowest BCUT2D eigenvalue weighted by Gasteiger charge is -2.14. The molecule has 2 aromatic rings. The van der Waals surface area contributed by atoms with Crippen molar-refractivity contribution in [1.82, 2.24) is 25.5 Å². The lowest BCUT2D eigenvalue weighted by Crippen LogP contribution is -2.40. The largest absolute Gasteiger partial charge is 0.337 e. The molecule has 1 N–H and O–H groups in total. The molecule has 0 aliphatic rings. The van der Waals surface area contributed by atoms with Crippen LogP contribution >= 0.6 is 46.7 Å². The molecule has 0 fully saturated rings. The minimum absolute atomic E-state index is 0.0823. The lowest BCUT2D eigenvalue weighted by molar-refractivity contribution is -0.121. The standard InChI is InChI=1S/C16H19Cl2N5O2S2/c1-3-8-26-16(25)19-12(4-2)13(24)9-23-21-15(20-22-23)27-14-10(17)6-5-7-11(14)18/h5-7,12H,3-4,8-9H2,1-2H3,(H,19,25). The van der Waals surface area contributed by atoms with Gasteiger partial charge in [0, 0.05) is 5.75 Å². The molecule has 0 aliphatic heterocycles. The number of amides is 1. The molecular weight excluding hydrogens is 429 g/mol. The summed E-state index contributed by atoms with van der Waals surface area (Å²) in [5.74, 6) is 0.527. The predicted molar refractivity (Wildman–Crippen MR) is 109 cm³/mol. The Morgan fingerprint density at radius 1 is 1.26 bits per heavy atom. The minimum atomic E-state index is -0.582. The Labute approximate surface area is 175 Å². The summed E-state index contributed by atoms with van der Waals surface area (Å²) in [7, 11) is 0. The first-order valence-electron chi connectivity index (χ1n) is 8.30. The van der Waals surface area contributed by atoms with E-state index in [1.807, 2.05) is 13.8 Å². The second-order valence-electron chi connectivity index (χ2n) is 5.46. The van der Waals surface area contributed by atoms with Crippen molar-refractivity contribution in [2.24, 2.45) is 0 Å². The number of benzene rings is 1. The minimum Gasteiger partial charge on any atom is -0.337 e. The van der Waals surface area contributed by atoms with E-state index >= 15 is 0 Å². The van der Waals surface area contributed by atoms with Gasteiger partial charge in [0.2, 0.25) is 5.16 Å². The molecule has 11 heteroatoms. The first-order chi connectivity index (χ1) is 12.9. The summed E-state index contributed by atoms with van der Waals surface area (Å²) in [5.41, 5.74) is 0. The van der Waals surface area contributed by atoms with Gasteiger partial charge in [-0.1, -0.05) is 54.9 Å². The molecule has 0 saturated carbocycles. The highest BCUT2D eigenvalue weighted by atomic mass is 35.5. The van der Waals surface area contributed by atoms with Crippen LogP contribution in [0.3, 0.4) is 0 Å². The molecule has 1 aromatic carbocycles. The number of Topliss-reactive ketones (excluding diaryl/α,β-unsaturated/α-hetero) is 1. The van der Waals surface area contributed by atoms with E-state index in [1.165, 1.54) is 28.3 Å². The number of nitrogens with one attached hydrogen (secondary N) is 1. The molecule has 1 aromatic heterocycles. The highest BCUT2D eigenvalue weighted by Crippen LogP contribution is 2.36. The highest BCUT2D eigenvalue weighted by molar-refractivity contribution is 8.13. The van der Waals surface area contributed by atoms with E-state index in [2.05, 4.69) is 20.7 Å².